The molecule has 6 rings (SSSR count). The quantitative estimate of drug-likeness (QED) is 0.521. The Hall–Kier alpha value is -3.92. The van der Waals surface area contributed by atoms with Gasteiger partial charge in [0.05, 0.1) is 5.56 Å². The van der Waals surface area contributed by atoms with Gasteiger partial charge in [0.1, 0.15) is 6.04 Å². The van der Waals surface area contributed by atoms with Crippen LogP contribution < -0.4 is 20.9 Å². The SMILES string of the molecule is CC1(CN2CCN(c3ccc4c(c3)CN([C@H]3CCC(=O)NC3=O)C4=O)CC2)CCN(c2ccccc2C(N)=O)CC1. The van der Waals surface area contributed by atoms with Crippen LogP contribution in [0.1, 0.15) is 58.9 Å². The van der Waals surface area contributed by atoms with Gasteiger partial charge in [0, 0.05) is 75.7 Å². The predicted octanol–water partition coefficient (Wildman–Crippen LogP) is 1.98. The Labute approximate surface area is 240 Å². The zero-order valence-electron chi connectivity index (χ0n) is 23.6. The summed E-state index contributed by atoms with van der Waals surface area (Å²) >= 11 is 0. The number of hydrogen-bond acceptors (Lipinski definition) is 7. The Balaban J connectivity index is 1.03. The first-order valence-electron chi connectivity index (χ1n) is 14.6. The molecule has 4 aliphatic rings. The third-order valence-electron chi connectivity index (χ3n) is 9.33. The minimum atomic E-state index is -0.592. The number of primary amides is 1. The summed E-state index contributed by atoms with van der Waals surface area (Å²) in [5, 5.41) is 2.36. The molecule has 4 heterocycles. The molecule has 3 fully saturated rings. The molecule has 10 heteroatoms. The van der Waals surface area contributed by atoms with Crippen molar-refractivity contribution in [3.8, 4) is 0 Å². The topological polar surface area (TPSA) is 119 Å². The molecule has 4 amide bonds. The van der Waals surface area contributed by atoms with Gasteiger partial charge in [0.2, 0.25) is 11.8 Å². The molecular formula is C31H38N6O4. The van der Waals surface area contributed by atoms with Crippen LogP contribution in [-0.2, 0) is 16.1 Å². The highest BCUT2D eigenvalue weighted by Crippen LogP contribution is 2.36. The maximum absolute atomic E-state index is 13.0. The first kappa shape index (κ1) is 27.3. The van der Waals surface area contributed by atoms with E-state index in [9.17, 15) is 19.2 Å². The summed E-state index contributed by atoms with van der Waals surface area (Å²) in [6.45, 7) is 9.41. The summed E-state index contributed by atoms with van der Waals surface area (Å²) < 4.78 is 0. The zero-order valence-corrected chi connectivity index (χ0v) is 23.6. The zero-order chi connectivity index (χ0) is 28.7. The first-order chi connectivity index (χ1) is 19.7. The van der Waals surface area contributed by atoms with Crippen LogP contribution in [0.5, 0.6) is 0 Å². The number of benzene rings is 2. The van der Waals surface area contributed by atoms with Gasteiger partial charge in [-0.1, -0.05) is 19.1 Å². The molecule has 41 heavy (non-hydrogen) atoms. The van der Waals surface area contributed by atoms with E-state index < -0.39 is 6.04 Å². The van der Waals surface area contributed by atoms with Crippen molar-refractivity contribution in [2.24, 2.45) is 11.1 Å². The fourth-order valence-corrected chi connectivity index (χ4v) is 6.86. The van der Waals surface area contributed by atoms with E-state index in [1.807, 2.05) is 30.3 Å². The second-order valence-corrected chi connectivity index (χ2v) is 12.2. The monoisotopic (exact) mass is 558 g/mol. The summed E-state index contributed by atoms with van der Waals surface area (Å²) in [7, 11) is 0. The standard InChI is InChI=1S/C31H38N6O4/c1-31(10-12-36(13-11-31)25-5-3-2-4-24(25)28(32)39)20-34-14-16-35(17-15-34)22-6-7-23-21(18-22)19-37(30(23)41)26-8-9-27(38)33-29(26)40/h2-7,18,26H,8-17,19-20H2,1H3,(H2,32,39)(H,33,38,40)/t26-/m0/s1. The fraction of sp³-hybridized carbons (Fsp3) is 0.484. The van der Waals surface area contributed by atoms with E-state index in [4.69, 9.17) is 5.73 Å². The average molecular weight is 559 g/mol. The Morgan fingerprint density at radius 1 is 0.976 bits per heavy atom. The summed E-state index contributed by atoms with van der Waals surface area (Å²) in [5.41, 5.74) is 10.0. The minimum Gasteiger partial charge on any atom is -0.371 e. The van der Waals surface area contributed by atoms with E-state index in [0.717, 1.165) is 75.6 Å². The predicted molar refractivity (Wildman–Crippen MR) is 156 cm³/mol. The van der Waals surface area contributed by atoms with Gasteiger partial charge in [-0.3, -0.25) is 29.4 Å². The number of nitrogens with zero attached hydrogens (tertiary/aromatic N) is 4. The molecule has 1 atom stereocenters. The third-order valence-corrected chi connectivity index (χ3v) is 9.33. The number of imide groups is 1. The van der Waals surface area contributed by atoms with Crippen molar-refractivity contribution in [2.45, 2.75) is 45.2 Å². The van der Waals surface area contributed by atoms with Gasteiger partial charge in [-0.05, 0) is 60.6 Å². The molecule has 2 aromatic carbocycles. The summed E-state index contributed by atoms with van der Waals surface area (Å²) in [5.74, 6) is -1.17. The van der Waals surface area contributed by atoms with Gasteiger partial charge >= 0.3 is 0 Å². The van der Waals surface area contributed by atoms with Gasteiger partial charge in [-0.25, -0.2) is 0 Å². The minimum absolute atomic E-state index is 0.136. The number of amides is 4. The molecule has 0 saturated carbocycles. The van der Waals surface area contributed by atoms with E-state index >= 15 is 0 Å². The average Bonchev–Trinajstić information content (AvgIpc) is 3.29. The number of para-hydroxylation sites is 1. The molecule has 2 aromatic rings. The van der Waals surface area contributed by atoms with Crippen molar-refractivity contribution in [1.29, 1.82) is 0 Å². The molecule has 10 nitrogen and oxygen atoms in total. The van der Waals surface area contributed by atoms with Gasteiger partial charge in [0.25, 0.3) is 11.8 Å². The Morgan fingerprint density at radius 3 is 2.41 bits per heavy atom. The van der Waals surface area contributed by atoms with Crippen LogP contribution in [0, 0.1) is 5.41 Å². The van der Waals surface area contributed by atoms with Crippen LogP contribution in [0.25, 0.3) is 0 Å². The van der Waals surface area contributed by atoms with Gasteiger partial charge in [-0.15, -0.1) is 0 Å². The maximum atomic E-state index is 13.0. The van der Waals surface area contributed by atoms with Crippen LogP contribution in [-0.4, -0.2) is 85.3 Å². The van der Waals surface area contributed by atoms with E-state index in [-0.39, 0.29) is 35.5 Å². The number of hydrogen-bond donors (Lipinski definition) is 2. The summed E-state index contributed by atoms with van der Waals surface area (Å²) in [6, 6.07) is 13.0. The van der Waals surface area contributed by atoms with Crippen LogP contribution in [0.2, 0.25) is 0 Å². The van der Waals surface area contributed by atoms with Crippen LogP contribution in [0.3, 0.4) is 0 Å². The van der Waals surface area contributed by atoms with Crippen molar-refractivity contribution in [1.82, 2.24) is 15.1 Å². The largest absolute Gasteiger partial charge is 0.371 e. The number of carbonyl (C=O) groups is 4. The molecule has 0 spiro atoms. The third kappa shape index (κ3) is 5.40. The Morgan fingerprint density at radius 2 is 1.71 bits per heavy atom. The van der Waals surface area contributed by atoms with Gasteiger partial charge < -0.3 is 20.4 Å². The fourth-order valence-electron chi connectivity index (χ4n) is 6.86. The lowest BCUT2D eigenvalue weighted by atomic mass is 9.79. The number of piperazine rings is 1. The van der Waals surface area contributed by atoms with E-state index in [1.54, 1.807) is 11.0 Å². The second kappa shape index (κ2) is 10.8. The van der Waals surface area contributed by atoms with E-state index in [0.29, 0.717) is 24.1 Å². The number of piperidine rings is 2. The number of nitrogens with one attached hydrogen (secondary N) is 1. The summed E-state index contributed by atoms with van der Waals surface area (Å²) in [4.78, 5) is 57.7. The lowest BCUT2D eigenvalue weighted by molar-refractivity contribution is -0.136. The molecule has 3 N–H and O–H groups in total. The molecule has 4 aliphatic heterocycles. The van der Waals surface area contributed by atoms with E-state index in [2.05, 4.69) is 33.0 Å². The summed E-state index contributed by atoms with van der Waals surface area (Å²) in [6.07, 6.45) is 2.75. The van der Waals surface area contributed by atoms with Crippen LogP contribution in [0.15, 0.2) is 42.5 Å². The van der Waals surface area contributed by atoms with Gasteiger partial charge in [-0.2, -0.15) is 0 Å². The molecule has 0 radical (unpaired) electrons. The molecule has 3 saturated heterocycles. The van der Waals surface area contributed by atoms with E-state index in [1.165, 1.54) is 0 Å². The second-order valence-electron chi connectivity index (χ2n) is 12.2. The number of nitrogens with two attached hydrogens (primary N) is 1. The Kier molecular flexibility index (Phi) is 7.19. The van der Waals surface area contributed by atoms with Crippen LogP contribution >= 0.6 is 0 Å². The lowest BCUT2D eigenvalue weighted by Gasteiger charge is -2.45. The molecule has 0 unspecified atom stereocenters. The normalized spacial score (nSPS) is 23.0. The molecule has 0 aliphatic carbocycles. The van der Waals surface area contributed by atoms with Crippen molar-refractivity contribution >= 4 is 35.0 Å². The molecule has 0 aromatic heterocycles. The smallest absolute Gasteiger partial charge is 0.255 e. The Bertz CT molecular complexity index is 1380. The highest BCUT2D eigenvalue weighted by Gasteiger charge is 2.39. The highest BCUT2D eigenvalue weighted by atomic mass is 16.2. The van der Waals surface area contributed by atoms with Crippen LogP contribution in [0.4, 0.5) is 11.4 Å². The maximum Gasteiger partial charge on any atom is 0.255 e. The number of anilines is 2. The van der Waals surface area contributed by atoms with Crippen molar-refractivity contribution in [3.63, 3.8) is 0 Å². The number of fused-ring (bicyclic) bond motifs is 1. The van der Waals surface area contributed by atoms with Gasteiger partial charge in [0.15, 0.2) is 0 Å². The molecule has 216 valence electrons. The molecular weight excluding hydrogens is 520 g/mol. The number of rotatable bonds is 6. The van der Waals surface area contributed by atoms with Crippen molar-refractivity contribution in [3.05, 3.63) is 59.2 Å². The number of carbonyl (C=O) groups excluding carboxylic acids is 4. The van der Waals surface area contributed by atoms with Crippen molar-refractivity contribution in [2.75, 3.05) is 55.6 Å². The molecule has 0 bridgehead atoms. The highest BCUT2D eigenvalue weighted by molar-refractivity contribution is 6.05. The lowest BCUT2D eigenvalue weighted by Crippen LogP contribution is -2.52. The first-order valence-corrected chi connectivity index (χ1v) is 14.6. The van der Waals surface area contributed by atoms with Crippen molar-refractivity contribution < 1.29 is 19.2 Å².